The fourth-order valence-electron chi connectivity index (χ4n) is 0.911. The summed E-state index contributed by atoms with van der Waals surface area (Å²) in [5, 5.41) is 10.4. The minimum absolute atomic E-state index is 0.0804. The molecule has 1 rings (SSSR count). The molecule has 0 N–H and O–H groups in total. The Bertz CT molecular complexity index is 399. The Balaban J connectivity index is 2.91. The minimum Gasteiger partial charge on any atom is -0.336 e. The standard InChI is InChI=1S/C9H9ClFNO4/c1-2-3-15-16-9-5-8(12(13)14)7(11)4-6(9)10/h4-5H,2-3H2,1H3. The maximum absolute atomic E-state index is 13.0. The third-order valence-corrected chi connectivity index (χ3v) is 1.93. The lowest BCUT2D eigenvalue weighted by Crippen LogP contribution is -2.00. The van der Waals surface area contributed by atoms with Gasteiger partial charge in [-0.05, 0) is 6.42 Å². The van der Waals surface area contributed by atoms with Crippen LogP contribution in [0.1, 0.15) is 13.3 Å². The van der Waals surface area contributed by atoms with Crippen LogP contribution in [0.4, 0.5) is 10.1 Å². The largest absolute Gasteiger partial charge is 0.336 e. The fourth-order valence-corrected chi connectivity index (χ4v) is 1.09. The summed E-state index contributed by atoms with van der Waals surface area (Å²) in [7, 11) is 0. The molecule has 0 amide bonds. The van der Waals surface area contributed by atoms with Crippen molar-refractivity contribution < 1.29 is 19.1 Å². The van der Waals surface area contributed by atoms with Crippen LogP contribution in [-0.2, 0) is 4.89 Å². The highest BCUT2D eigenvalue weighted by Gasteiger charge is 2.19. The zero-order chi connectivity index (χ0) is 12.1. The van der Waals surface area contributed by atoms with E-state index in [1.54, 1.807) is 0 Å². The Morgan fingerprint density at radius 1 is 1.56 bits per heavy atom. The van der Waals surface area contributed by atoms with Gasteiger partial charge < -0.3 is 4.89 Å². The lowest BCUT2D eigenvalue weighted by Gasteiger charge is -2.05. The molecule has 0 aliphatic rings. The van der Waals surface area contributed by atoms with Gasteiger partial charge in [0, 0.05) is 6.07 Å². The highest BCUT2D eigenvalue weighted by Crippen LogP contribution is 2.31. The van der Waals surface area contributed by atoms with E-state index in [4.69, 9.17) is 21.4 Å². The van der Waals surface area contributed by atoms with Crippen molar-refractivity contribution in [3.8, 4) is 5.75 Å². The number of nitro groups is 1. The van der Waals surface area contributed by atoms with E-state index < -0.39 is 16.4 Å². The Morgan fingerprint density at radius 2 is 2.25 bits per heavy atom. The van der Waals surface area contributed by atoms with E-state index in [1.807, 2.05) is 6.92 Å². The van der Waals surface area contributed by atoms with Gasteiger partial charge in [0.15, 0.2) is 5.75 Å². The molecule has 1 aromatic rings. The van der Waals surface area contributed by atoms with E-state index in [2.05, 4.69) is 0 Å². The van der Waals surface area contributed by atoms with Crippen molar-refractivity contribution in [1.82, 2.24) is 0 Å². The number of hydrogen-bond acceptors (Lipinski definition) is 4. The molecule has 16 heavy (non-hydrogen) atoms. The SMILES string of the molecule is CCCOOc1cc([N+](=O)[O-])c(F)cc1Cl. The van der Waals surface area contributed by atoms with Crippen LogP contribution in [-0.4, -0.2) is 11.5 Å². The van der Waals surface area contributed by atoms with Gasteiger partial charge in [-0.1, -0.05) is 18.5 Å². The molecule has 0 spiro atoms. The first-order valence-corrected chi connectivity index (χ1v) is 4.87. The summed E-state index contributed by atoms with van der Waals surface area (Å²) in [5.74, 6) is -1.10. The molecule has 0 radical (unpaired) electrons. The molecule has 0 unspecified atom stereocenters. The van der Waals surface area contributed by atoms with Gasteiger partial charge in [0.05, 0.1) is 22.6 Å². The van der Waals surface area contributed by atoms with Crippen molar-refractivity contribution in [2.75, 3.05) is 6.61 Å². The molecule has 0 saturated heterocycles. The van der Waals surface area contributed by atoms with Crippen LogP contribution in [0, 0.1) is 15.9 Å². The quantitative estimate of drug-likeness (QED) is 0.348. The molecule has 1 aromatic carbocycles. The first-order chi connectivity index (χ1) is 7.56. The summed E-state index contributed by atoms with van der Waals surface area (Å²) in [6.07, 6.45) is 0.709. The molecule has 0 atom stereocenters. The monoisotopic (exact) mass is 249 g/mol. The van der Waals surface area contributed by atoms with Crippen molar-refractivity contribution >= 4 is 17.3 Å². The Morgan fingerprint density at radius 3 is 2.81 bits per heavy atom. The van der Waals surface area contributed by atoms with E-state index in [9.17, 15) is 14.5 Å². The third-order valence-electron chi connectivity index (χ3n) is 1.63. The Kier molecular flexibility index (Phi) is 4.45. The van der Waals surface area contributed by atoms with Gasteiger partial charge in [-0.15, -0.1) is 0 Å². The molecular weight excluding hydrogens is 241 g/mol. The molecule has 88 valence electrons. The summed E-state index contributed by atoms with van der Waals surface area (Å²) in [4.78, 5) is 19.0. The molecule has 5 nitrogen and oxygen atoms in total. The second-order valence-corrected chi connectivity index (χ2v) is 3.30. The number of hydrogen-bond donors (Lipinski definition) is 0. The van der Waals surface area contributed by atoms with Crippen LogP contribution in [0.2, 0.25) is 5.02 Å². The van der Waals surface area contributed by atoms with Crippen molar-refractivity contribution in [2.45, 2.75) is 13.3 Å². The molecule has 0 bridgehead atoms. The van der Waals surface area contributed by atoms with Gasteiger partial charge in [0.25, 0.3) is 0 Å². The van der Waals surface area contributed by atoms with Gasteiger partial charge >= 0.3 is 5.69 Å². The summed E-state index contributed by atoms with van der Waals surface area (Å²) in [6, 6.07) is 1.69. The van der Waals surface area contributed by atoms with Gasteiger partial charge in [0.2, 0.25) is 5.82 Å². The Hall–Kier alpha value is -1.40. The first kappa shape index (κ1) is 12.7. The first-order valence-electron chi connectivity index (χ1n) is 4.49. The second kappa shape index (κ2) is 5.62. The maximum atomic E-state index is 13.0. The third kappa shape index (κ3) is 3.04. The van der Waals surface area contributed by atoms with Crippen molar-refractivity contribution in [1.29, 1.82) is 0 Å². The highest BCUT2D eigenvalue weighted by atomic mass is 35.5. The van der Waals surface area contributed by atoms with Crippen LogP contribution in [0.5, 0.6) is 5.75 Å². The molecule has 0 aliphatic carbocycles. The molecule has 0 fully saturated rings. The van der Waals surface area contributed by atoms with Crippen molar-refractivity contribution in [3.05, 3.63) is 33.1 Å². The number of benzene rings is 1. The number of nitro benzene ring substituents is 1. The van der Waals surface area contributed by atoms with E-state index in [1.165, 1.54) is 0 Å². The van der Waals surface area contributed by atoms with Crippen LogP contribution < -0.4 is 4.89 Å². The zero-order valence-electron chi connectivity index (χ0n) is 8.41. The molecule has 0 saturated carbocycles. The van der Waals surface area contributed by atoms with E-state index in [-0.39, 0.29) is 10.8 Å². The fraction of sp³-hybridized carbons (Fsp3) is 0.333. The van der Waals surface area contributed by atoms with Crippen molar-refractivity contribution in [3.63, 3.8) is 0 Å². The van der Waals surface area contributed by atoms with Gasteiger partial charge in [-0.3, -0.25) is 10.1 Å². The highest BCUT2D eigenvalue weighted by molar-refractivity contribution is 6.32. The smallest absolute Gasteiger partial charge is 0.308 e. The lowest BCUT2D eigenvalue weighted by molar-refractivity contribution is -0.387. The normalized spacial score (nSPS) is 10.2. The lowest BCUT2D eigenvalue weighted by atomic mass is 10.3. The van der Waals surface area contributed by atoms with Crippen LogP contribution in [0.15, 0.2) is 12.1 Å². The van der Waals surface area contributed by atoms with E-state index in [0.717, 1.165) is 12.1 Å². The summed E-state index contributed by atoms with van der Waals surface area (Å²) >= 11 is 5.62. The predicted octanol–water partition coefficient (Wildman–Crippen LogP) is 3.11. The zero-order valence-corrected chi connectivity index (χ0v) is 9.16. The van der Waals surface area contributed by atoms with Crippen LogP contribution >= 0.6 is 11.6 Å². The minimum atomic E-state index is -1.02. The number of halogens is 2. The molecule has 7 heteroatoms. The topological polar surface area (TPSA) is 61.6 Å². The molecular formula is C9H9ClFNO4. The molecule has 0 aliphatic heterocycles. The van der Waals surface area contributed by atoms with Gasteiger partial charge in [-0.25, -0.2) is 0 Å². The van der Waals surface area contributed by atoms with E-state index >= 15 is 0 Å². The van der Waals surface area contributed by atoms with Crippen LogP contribution in [0.25, 0.3) is 0 Å². The van der Waals surface area contributed by atoms with Crippen LogP contribution in [0.3, 0.4) is 0 Å². The maximum Gasteiger partial charge on any atom is 0.308 e. The van der Waals surface area contributed by atoms with E-state index in [0.29, 0.717) is 13.0 Å². The Labute approximate surface area is 95.8 Å². The number of nitrogens with zero attached hydrogens (tertiary/aromatic N) is 1. The predicted molar refractivity (Wildman–Crippen MR) is 54.9 cm³/mol. The molecule has 0 heterocycles. The van der Waals surface area contributed by atoms with Gasteiger partial charge in [0.1, 0.15) is 0 Å². The van der Waals surface area contributed by atoms with Crippen molar-refractivity contribution in [2.24, 2.45) is 0 Å². The average molecular weight is 250 g/mol. The second-order valence-electron chi connectivity index (χ2n) is 2.90. The molecule has 0 aromatic heterocycles. The summed E-state index contributed by atoms with van der Waals surface area (Å²) < 4.78 is 13.0. The number of rotatable bonds is 5. The summed E-state index contributed by atoms with van der Waals surface area (Å²) in [5.41, 5.74) is -0.709. The van der Waals surface area contributed by atoms with Gasteiger partial charge in [-0.2, -0.15) is 9.28 Å². The average Bonchev–Trinajstić information content (AvgIpc) is 2.21. The summed E-state index contributed by atoms with van der Waals surface area (Å²) in [6.45, 7) is 2.17.